The van der Waals surface area contributed by atoms with E-state index in [0.717, 1.165) is 11.3 Å². The number of hydrogen-bond donors (Lipinski definition) is 1. The van der Waals surface area contributed by atoms with Crippen LogP contribution in [0.4, 0.5) is 14.5 Å². The molecule has 1 N–H and O–H groups in total. The van der Waals surface area contributed by atoms with Crippen LogP contribution in [0.2, 0.25) is 0 Å². The monoisotopic (exact) mass is 311 g/mol. The van der Waals surface area contributed by atoms with Crippen LogP contribution < -0.4 is 5.32 Å². The number of aryl methyl sites for hydroxylation is 1. The first-order valence-corrected chi connectivity index (χ1v) is 6.29. The van der Waals surface area contributed by atoms with Crippen molar-refractivity contribution in [2.75, 3.05) is 5.32 Å². The minimum atomic E-state index is -0.281. The van der Waals surface area contributed by atoms with Gasteiger partial charge in [0.05, 0.1) is 4.47 Å². The van der Waals surface area contributed by atoms with Gasteiger partial charge in [-0.3, -0.25) is 0 Å². The highest BCUT2D eigenvalue weighted by atomic mass is 79.9. The Bertz CT molecular complexity index is 518. The Balaban J connectivity index is 2.06. The summed E-state index contributed by atoms with van der Waals surface area (Å²) >= 11 is 3.14. The second kappa shape index (κ2) is 5.48. The zero-order valence-electron chi connectivity index (χ0n) is 9.81. The second-order valence-corrected chi connectivity index (χ2v) is 4.92. The summed E-state index contributed by atoms with van der Waals surface area (Å²) in [4.78, 5) is 0. The Hall–Kier alpha value is -1.42. The molecule has 0 saturated carbocycles. The van der Waals surface area contributed by atoms with Crippen LogP contribution in [0.1, 0.15) is 11.1 Å². The van der Waals surface area contributed by atoms with Crippen LogP contribution >= 0.6 is 15.9 Å². The topological polar surface area (TPSA) is 12.0 Å². The maximum absolute atomic E-state index is 13.1. The third-order valence-corrected chi connectivity index (χ3v) is 3.25. The van der Waals surface area contributed by atoms with Gasteiger partial charge in [0, 0.05) is 12.2 Å². The molecule has 2 rings (SSSR count). The molecule has 0 amide bonds. The molecular formula is C14H12BrF2N. The van der Waals surface area contributed by atoms with E-state index in [1.807, 2.05) is 0 Å². The first kappa shape index (κ1) is 13.0. The summed E-state index contributed by atoms with van der Waals surface area (Å²) in [5, 5.41) is 3.17. The van der Waals surface area contributed by atoms with Gasteiger partial charge >= 0.3 is 0 Å². The predicted molar refractivity (Wildman–Crippen MR) is 72.6 cm³/mol. The van der Waals surface area contributed by atoms with Crippen molar-refractivity contribution in [2.45, 2.75) is 13.5 Å². The van der Waals surface area contributed by atoms with Gasteiger partial charge in [0.15, 0.2) is 0 Å². The third kappa shape index (κ3) is 3.07. The molecule has 18 heavy (non-hydrogen) atoms. The SMILES string of the molecule is Cc1cc(NCc2ccc(F)c(Br)c2)ccc1F. The predicted octanol–water partition coefficient (Wildman–Crippen LogP) is 4.65. The molecule has 0 aliphatic carbocycles. The van der Waals surface area contributed by atoms with Gasteiger partial charge in [0.1, 0.15) is 11.6 Å². The zero-order valence-corrected chi connectivity index (χ0v) is 11.4. The van der Waals surface area contributed by atoms with E-state index in [9.17, 15) is 8.78 Å². The van der Waals surface area contributed by atoms with Crippen molar-refractivity contribution in [2.24, 2.45) is 0 Å². The van der Waals surface area contributed by atoms with Crippen LogP contribution in [0.25, 0.3) is 0 Å². The number of rotatable bonds is 3. The van der Waals surface area contributed by atoms with Gasteiger partial charge in [-0.05, 0) is 64.3 Å². The molecule has 0 unspecified atom stereocenters. The summed E-state index contributed by atoms with van der Waals surface area (Å²) in [6, 6.07) is 9.70. The van der Waals surface area contributed by atoms with Crippen molar-refractivity contribution < 1.29 is 8.78 Å². The number of nitrogens with one attached hydrogen (secondary N) is 1. The van der Waals surface area contributed by atoms with E-state index in [1.165, 1.54) is 12.1 Å². The number of hydrogen-bond acceptors (Lipinski definition) is 1. The molecule has 0 bridgehead atoms. The Morgan fingerprint density at radius 1 is 1.06 bits per heavy atom. The van der Waals surface area contributed by atoms with Crippen molar-refractivity contribution in [1.29, 1.82) is 0 Å². The minimum absolute atomic E-state index is 0.218. The van der Waals surface area contributed by atoms with Crippen LogP contribution in [0, 0.1) is 18.6 Å². The smallest absolute Gasteiger partial charge is 0.137 e. The van der Waals surface area contributed by atoms with E-state index in [0.29, 0.717) is 16.6 Å². The summed E-state index contributed by atoms with van der Waals surface area (Å²) in [6.45, 7) is 2.28. The first-order valence-electron chi connectivity index (χ1n) is 5.50. The van der Waals surface area contributed by atoms with Crippen molar-refractivity contribution in [1.82, 2.24) is 0 Å². The lowest BCUT2D eigenvalue weighted by Crippen LogP contribution is -2.00. The van der Waals surface area contributed by atoms with Crippen LogP contribution in [-0.4, -0.2) is 0 Å². The highest BCUT2D eigenvalue weighted by Gasteiger charge is 2.02. The maximum Gasteiger partial charge on any atom is 0.137 e. The molecule has 4 heteroatoms. The molecule has 0 aromatic heterocycles. The average molecular weight is 312 g/mol. The highest BCUT2D eigenvalue weighted by Crippen LogP contribution is 2.19. The lowest BCUT2D eigenvalue weighted by Gasteiger charge is -2.08. The summed E-state index contributed by atoms with van der Waals surface area (Å²) < 4.78 is 26.6. The summed E-state index contributed by atoms with van der Waals surface area (Å²) in [6.07, 6.45) is 0. The second-order valence-electron chi connectivity index (χ2n) is 4.07. The van der Waals surface area contributed by atoms with Gasteiger partial charge in [-0.1, -0.05) is 6.07 Å². The molecule has 0 saturated heterocycles. The highest BCUT2D eigenvalue weighted by molar-refractivity contribution is 9.10. The minimum Gasteiger partial charge on any atom is -0.381 e. The molecule has 0 atom stereocenters. The molecule has 0 aliphatic rings. The number of halogens is 3. The molecule has 1 nitrogen and oxygen atoms in total. The molecule has 94 valence electrons. The molecule has 0 heterocycles. The van der Waals surface area contributed by atoms with Crippen LogP contribution in [0.3, 0.4) is 0 Å². The van der Waals surface area contributed by atoms with E-state index in [4.69, 9.17) is 0 Å². The Morgan fingerprint density at radius 3 is 2.44 bits per heavy atom. The van der Waals surface area contributed by atoms with E-state index in [1.54, 1.807) is 31.2 Å². The van der Waals surface area contributed by atoms with Gasteiger partial charge in [-0.25, -0.2) is 8.78 Å². The van der Waals surface area contributed by atoms with E-state index in [2.05, 4.69) is 21.2 Å². The molecule has 0 spiro atoms. The van der Waals surface area contributed by atoms with Crippen molar-refractivity contribution in [3.63, 3.8) is 0 Å². The van der Waals surface area contributed by atoms with Gasteiger partial charge in [-0.2, -0.15) is 0 Å². The molecule has 0 radical (unpaired) electrons. The molecule has 2 aromatic rings. The summed E-state index contributed by atoms with van der Waals surface area (Å²) in [5.74, 6) is -0.499. The zero-order chi connectivity index (χ0) is 13.1. The number of anilines is 1. The van der Waals surface area contributed by atoms with Crippen molar-refractivity contribution in [3.8, 4) is 0 Å². The summed E-state index contributed by atoms with van der Waals surface area (Å²) in [5.41, 5.74) is 2.39. The maximum atomic E-state index is 13.1. The average Bonchev–Trinajstić information content (AvgIpc) is 2.35. The van der Waals surface area contributed by atoms with Gasteiger partial charge in [0.2, 0.25) is 0 Å². The van der Waals surface area contributed by atoms with E-state index >= 15 is 0 Å². The third-order valence-electron chi connectivity index (χ3n) is 2.64. The Morgan fingerprint density at radius 2 is 1.78 bits per heavy atom. The van der Waals surface area contributed by atoms with Gasteiger partial charge in [0.25, 0.3) is 0 Å². The quantitative estimate of drug-likeness (QED) is 0.870. The fourth-order valence-electron chi connectivity index (χ4n) is 1.61. The Kier molecular flexibility index (Phi) is 3.97. The van der Waals surface area contributed by atoms with Gasteiger partial charge in [-0.15, -0.1) is 0 Å². The van der Waals surface area contributed by atoms with Gasteiger partial charge < -0.3 is 5.32 Å². The molecular weight excluding hydrogens is 300 g/mol. The fourth-order valence-corrected chi connectivity index (χ4v) is 2.03. The van der Waals surface area contributed by atoms with Crippen LogP contribution in [0.5, 0.6) is 0 Å². The number of benzene rings is 2. The molecule has 2 aromatic carbocycles. The fraction of sp³-hybridized carbons (Fsp3) is 0.143. The largest absolute Gasteiger partial charge is 0.381 e. The standard InChI is InChI=1S/C14H12BrF2N/c1-9-6-11(3-5-13(9)16)18-8-10-2-4-14(17)12(15)7-10/h2-7,18H,8H2,1H3. The van der Waals surface area contributed by atoms with Crippen LogP contribution in [0.15, 0.2) is 40.9 Å². The normalized spacial score (nSPS) is 10.4. The van der Waals surface area contributed by atoms with E-state index < -0.39 is 0 Å². The van der Waals surface area contributed by atoms with E-state index in [-0.39, 0.29) is 11.6 Å². The lowest BCUT2D eigenvalue weighted by atomic mass is 10.2. The molecule has 0 fully saturated rings. The Labute approximate surface area is 113 Å². The van der Waals surface area contributed by atoms with Crippen LogP contribution in [-0.2, 0) is 6.54 Å². The summed E-state index contributed by atoms with van der Waals surface area (Å²) in [7, 11) is 0. The lowest BCUT2D eigenvalue weighted by molar-refractivity contribution is 0.618. The van der Waals surface area contributed by atoms with Crippen molar-refractivity contribution >= 4 is 21.6 Å². The molecule has 0 aliphatic heterocycles. The van der Waals surface area contributed by atoms with Crippen molar-refractivity contribution in [3.05, 3.63) is 63.6 Å². The first-order chi connectivity index (χ1) is 8.56.